The van der Waals surface area contributed by atoms with Crippen molar-refractivity contribution in [3.05, 3.63) is 12.7 Å². The Morgan fingerprint density at radius 2 is 2.24 bits per heavy atom. The molecule has 0 aromatic heterocycles. The largest absolute Gasteiger partial charge is 0.383 e. The monoisotopic (exact) mass is 262 g/mol. The van der Waals surface area contributed by atoms with E-state index in [1.165, 1.54) is 17.1 Å². The lowest BCUT2D eigenvalue weighted by atomic mass is 10.6. The van der Waals surface area contributed by atoms with Crippen LogP contribution in [0.1, 0.15) is 12.8 Å². The molecule has 1 aliphatic carbocycles. The Kier molecular flexibility index (Phi) is 6.11. The molecule has 0 aliphatic heterocycles. The summed E-state index contributed by atoms with van der Waals surface area (Å²) in [6.07, 6.45) is 3.93. The summed E-state index contributed by atoms with van der Waals surface area (Å²) in [5, 5.41) is 3.20. The van der Waals surface area contributed by atoms with Gasteiger partial charge in [-0.05, 0) is 12.8 Å². The lowest BCUT2D eigenvalue weighted by molar-refractivity contribution is 0.182. The van der Waals surface area contributed by atoms with Gasteiger partial charge in [0.05, 0.1) is 12.4 Å². The van der Waals surface area contributed by atoms with Crippen LogP contribution in [0.5, 0.6) is 0 Å². The third kappa shape index (κ3) is 5.63. The number of hydrogen-bond donors (Lipinski definition) is 1. The van der Waals surface area contributed by atoms with Gasteiger partial charge in [0.25, 0.3) is 0 Å². The van der Waals surface area contributed by atoms with Crippen LogP contribution in [-0.2, 0) is 14.8 Å². The standard InChI is InChI=1S/C11H22N2O3S/c1-3-7-13(8-9-16-2)17(14,15)10-6-12-11-4-5-11/h3,11-12H,1,4-10H2,2H3. The number of hydrogen-bond acceptors (Lipinski definition) is 4. The number of ether oxygens (including phenoxy) is 1. The number of nitrogens with zero attached hydrogens (tertiary/aromatic N) is 1. The van der Waals surface area contributed by atoms with Crippen molar-refractivity contribution in [3.8, 4) is 0 Å². The second-order valence-corrected chi connectivity index (χ2v) is 6.27. The lowest BCUT2D eigenvalue weighted by Gasteiger charge is -2.20. The molecule has 0 radical (unpaired) electrons. The summed E-state index contributed by atoms with van der Waals surface area (Å²) in [7, 11) is -1.64. The summed E-state index contributed by atoms with van der Waals surface area (Å²) >= 11 is 0. The molecular weight excluding hydrogens is 240 g/mol. The maximum Gasteiger partial charge on any atom is 0.215 e. The van der Waals surface area contributed by atoms with Gasteiger partial charge < -0.3 is 10.1 Å². The molecule has 0 amide bonds. The van der Waals surface area contributed by atoms with E-state index < -0.39 is 10.0 Å². The van der Waals surface area contributed by atoms with Gasteiger partial charge in [-0.3, -0.25) is 0 Å². The topological polar surface area (TPSA) is 58.6 Å². The Labute approximate surface area is 104 Å². The molecule has 0 bridgehead atoms. The second kappa shape index (κ2) is 7.10. The minimum absolute atomic E-state index is 0.140. The first-order valence-electron chi connectivity index (χ1n) is 5.91. The van der Waals surface area contributed by atoms with E-state index in [0.29, 0.717) is 32.3 Å². The molecule has 0 atom stereocenters. The molecule has 1 fully saturated rings. The van der Waals surface area contributed by atoms with Crippen molar-refractivity contribution in [1.82, 2.24) is 9.62 Å². The smallest absolute Gasteiger partial charge is 0.215 e. The highest BCUT2D eigenvalue weighted by Crippen LogP contribution is 2.18. The summed E-state index contributed by atoms with van der Waals surface area (Å²) in [6, 6.07) is 0.539. The van der Waals surface area contributed by atoms with E-state index in [0.717, 1.165) is 0 Å². The van der Waals surface area contributed by atoms with Gasteiger partial charge >= 0.3 is 0 Å². The first-order valence-corrected chi connectivity index (χ1v) is 7.52. The van der Waals surface area contributed by atoms with Crippen LogP contribution in [0.3, 0.4) is 0 Å². The first kappa shape index (κ1) is 14.6. The molecule has 5 nitrogen and oxygen atoms in total. The van der Waals surface area contributed by atoms with Gasteiger partial charge in [0.2, 0.25) is 10.0 Å². The van der Waals surface area contributed by atoms with Crippen molar-refractivity contribution in [2.45, 2.75) is 18.9 Å². The molecule has 1 N–H and O–H groups in total. The summed E-state index contributed by atoms with van der Waals surface area (Å²) in [4.78, 5) is 0. The second-order valence-electron chi connectivity index (χ2n) is 4.18. The average Bonchev–Trinajstić information content (AvgIpc) is 3.07. The fraction of sp³-hybridized carbons (Fsp3) is 0.818. The van der Waals surface area contributed by atoms with E-state index in [2.05, 4.69) is 11.9 Å². The predicted molar refractivity (Wildman–Crippen MR) is 68.5 cm³/mol. The molecule has 0 heterocycles. The summed E-state index contributed by atoms with van der Waals surface area (Å²) in [5.74, 6) is 0.140. The van der Waals surface area contributed by atoms with Crippen molar-refractivity contribution < 1.29 is 13.2 Å². The molecule has 0 saturated heterocycles. The van der Waals surface area contributed by atoms with Crippen LogP contribution >= 0.6 is 0 Å². The van der Waals surface area contributed by atoms with E-state index in [1.54, 1.807) is 13.2 Å². The molecule has 0 aromatic carbocycles. The molecule has 0 unspecified atom stereocenters. The number of rotatable bonds is 10. The minimum atomic E-state index is -3.21. The maximum atomic E-state index is 12.0. The average molecular weight is 262 g/mol. The SMILES string of the molecule is C=CCN(CCOC)S(=O)(=O)CCNC1CC1. The Balaban J connectivity index is 2.39. The third-order valence-electron chi connectivity index (χ3n) is 2.64. The number of methoxy groups -OCH3 is 1. The Bertz CT molecular complexity index is 326. The van der Waals surface area contributed by atoms with Gasteiger partial charge in [-0.2, -0.15) is 4.31 Å². The maximum absolute atomic E-state index is 12.0. The van der Waals surface area contributed by atoms with Gasteiger partial charge in [-0.15, -0.1) is 6.58 Å². The van der Waals surface area contributed by atoms with E-state index in [9.17, 15) is 8.42 Å². The van der Waals surface area contributed by atoms with Crippen molar-refractivity contribution in [3.63, 3.8) is 0 Å². The fourth-order valence-corrected chi connectivity index (χ4v) is 2.81. The quantitative estimate of drug-likeness (QED) is 0.572. The molecule has 17 heavy (non-hydrogen) atoms. The normalized spacial score (nSPS) is 16.4. The van der Waals surface area contributed by atoms with Crippen LogP contribution < -0.4 is 5.32 Å². The van der Waals surface area contributed by atoms with Crippen LogP contribution in [0.25, 0.3) is 0 Å². The summed E-state index contributed by atoms with van der Waals surface area (Å²) in [6.45, 7) is 5.23. The van der Waals surface area contributed by atoms with E-state index >= 15 is 0 Å². The van der Waals surface area contributed by atoms with Crippen LogP contribution in [0.15, 0.2) is 12.7 Å². The van der Waals surface area contributed by atoms with Crippen molar-refractivity contribution in [2.75, 3.05) is 39.1 Å². The molecule has 1 saturated carbocycles. The lowest BCUT2D eigenvalue weighted by Crippen LogP contribution is -2.38. The van der Waals surface area contributed by atoms with Crippen molar-refractivity contribution in [2.24, 2.45) is 0 Å². The molecule has 0 spiro atoms. The first-order chi connectivity index (χ1) is 8.10. The predicted octanol–water partition coefficient (Wildman–Crippen LogP) is 0.203. The van der Waals surface area contributed by atoms with Gasteiger partial charge in [-0.1, -0.05) is 6.08 Å². The van der Waals surface area contributed by atoms with Crippen LogP contribution in [-0.4, -0.2) is 57.9 Å². The van der Waals surface area contributed by atoms with Gasteiger partial charge in [0.15, 0.2) is 0 Å². The molecular formula is C11H22N2O3S. The van der Waals surface area contributed by atoms with E-state index in [4.69, 9.17) is 4.74 Å². The minimum Gasteiger partial charge on any atom is -0.383 e. The van der Waals surface area contributed by atoms with Gasteiger partial charge in [0.1, 0.15) is 0 Å². The molecule has 6 heteroatoms. The highest BCUT2D eigenvalue weighted by atomic mass is 32.2. The highest BCUT2D eigenvalue weighted by Gasteiger charge is 2.23. The molecule has 1 rings (SSSR count). The van der Waals surface area contributed by atoms with Crippen molar-refractivity contribution in [1.29, 1.82) is 0 Å². The van der Waals surface area contributed by atoms with E-state index in [-0.39, 0.29) is 5.75 Å². The number of nitrogens with one attached hydrogen (secondary N) is 1. The Hall–Kier alpha value is -0.430. The molecule has 100 valence electrons. The zero-order chi connectivity index (χ0) is 12.7. The zero-order valence-electron chi connectivity index (χ0n) is 10.4. The molecule has 1 aliphatic rings. The van der Waals surface area contributed by atoms with E-state index in [1.807, 2.05) is 0 Å². The fourth-order valence-electron chi connectivity index (χ4n) is 1.49. The van der Waals surface area contributed by atoms with Crippen LogP contribution in [0, 0.1) is 0 Å². The van der Waals surface area contributed by atoms with Gasteiger partial charge in [-0.25, -0.2) is 8.42 Å². The highest BCUT2D eigenvalue weighted by molar-refractivity contribution is 7.89. The zero-order valence-corrected chi connectivity index (χ0v) is 11.2. The third-order valence-corrected chi connectivity index (χ3v) is 4.48. The summed E-state index contributed by atoms with van der Waals surface area (Å²) in [5.41, 5.74) is 0. The summed E-state index contributed by atoms with van der Waals surface area (Å²) < 4.78 is 30.3. The van der Waals surface area contributed by atoms with Gasteiger partial charge in [0, 0.05) is 32.8 Å². The Morgan fingerprint density at radius 1 is 1.53 bits per heavy atom. The van der Waals surface area contributed by atoms with Crippen LogP contribution in [0.2, 0.25) is 0 Å². The number of sulfonamides is 1. The van der Waals surface area contributed by atoms with Crippen LogP contribution in [0.4, 0.5) is 0 Å². The molecule has 0 aromatic rings. The Morgan fingerprint density at radius 3 is 2.76 bits per heavy atom. The van der Waals surface area contributed by atoms with Crippen molar-refractivity contribution >= 4 is 10.0 Å².